The number of aliphatic hydroxyl groups is 5. The van der Waals surface area contributed by atoms with Crippen molar-refractivity contribution < 1.29 is 39.8 Å². The normalized spacial score (nSPS) is 20.0. The van der Waals surface area contributed by atoms with E-state index in [0.717, 1.165) is 38.5 Å². The van der Waals surface area contributed by atoms with Crippen molar-refractivity contribution in [3.05, 3.63) is 0 Å². The molecule has 1 heterocycles. The van der Waals surface area contributed by atoms with Crippen LogP contribution in [0.4, 0.5) is 0 Å². The van der Waals surface area contributed by atoms with Crippen molar-refractivity contribution in [1.29, 1.82) is 0 Å². The molecule has 0 aromatic carbocycles. The molecule has 1 saturated heterocycles. The first-order valence-corrected chi connectivity index (χ1v) is 27.7. The number of carbonyl (C=O) groups is 1. The maximum atomic E-state index is 12.9. The van der Waals surface area contributed by atoms with Gasteiger partial charge in [-0.3, -0.25) is 4.79 Å². The molecule has 0 bridgehead atoms. The van der Waals surface area contributed by atoms with Gasteiger partial charge in [0, 0.05) is 6.42 Å². The molecule has 1 rings (SSSR count). The third kappa shape index (κ3) is 35.1. The van der Waals surface area contributed by atoms with Crippen LogP contribution in [0, 0.1) is 0 Å². The van der Waals surface area contributed by atoms with Gasteiger partial charge in [-0.15, -0.1) is 0 Å². The van der Waals surface area contributed by atoms with Crippen molar-refractivity contribution in [3.8, 4) is 0 Å². The van der Waals surface area contributed by atoms with Crippen molar-refractivity contribution in [2.45, 2.75) is 326 Å². The molecule has 1 fully saturated rings. The van der Waals surface area contributed by atoms with Crippen LogP contribution >= 0.6 is 0 Å². The fraction of sp³-hybridized carbons (Fsp3) is 0.981. The molecule has 9 heteroatoms. The lowest BCUT2D eigenvalue weighted by atomic mass is 9.99. The fourth-order valence-corrected chi connectivity index (χ4v) is 9.28. The summed E-state index contributed by atoms with van der Waals surface area (Å²) in [6.07, 6.45) is 46.2. The zero-order valence-corrected chi connectivity index (χ0v) is 41.6. The minimum Gasteiger partial charge on any atom is -0.394 e. The number of hydrogen-bond acceptors (Lipinski definition) is 8. The van der Waals surface area contributed by atoms with Crippen LogP contribution in [0.25, 0.3) is 0 Å². The second kappa shape index (κ2) is 45.0. The Bertz CT molecular complexity index is 955. The SMILES string of the molecule is CCCCCCCCCCCCCCCCCCCCCCCCCCCCCCCCCCCC(O)C(COC1OC(CO)C(O)C(O)C1O)NC(=O)CCCCCCCCC. The van der Waals surface area contributed by atoms with E-state index in [1.807, 2.05) is 0 Å². The van der Waals surface area contributed by atoms with Gasteiger partial charge in [0.1, 0.15) is 24.4 Å². The zero-order chi connectivity index (χ0) is 45.9. The summed E-state index contributed by atoms with van der Waals surface area (Å²) in [5.74, 6) is -0.147. The number of ether oxygens (including phenoxy) is 2. The van der Waals surface area contributed by atoms with Gasteiger partial charge in [-0.25, -0.2) is 0 Å². The molecule has 0 aromatic heterocycles. The van der Waals surface area contributed by atoms with E-state index in [1.54, 1.807) is 0 Å². The van der Waals surface area contributed by atoms with Gasteiger partial charge in [-0.05, 0) is 12.8 Å². The molecule has 1 amide bonds. The highest BCUT2D eigenvalue weighted by molar-refractivity contribution is 5.76. The zero-order valence-electron chi connectivity index (χ0n) is 41.6. The topological polar surface area (TPSA) is 149 Å². The van der Waals surface area contributed by atoms with Gasteiger partial charge in [0.2, 0.25) is 5.91 Å². The maximum absolute atomic E-state index is 12.9. The summed E-state index contributed by atoms with van der Waals surface area (Å²) < 4.78 is 11.2. The van der Waals surface area contributed by atoms with E-state index in [9.17, 15) is 30.3 Å². The molecular formula is C54H107NO8. The molecule has 7 atom stereocenters. The summed E-state index contributed by atoms with van der Waals surface area (Å²) in [5, 5.41) is 54.3. The third-order valence-corrected chi connectivity index (χ3v) is 13.7. The molecule has 1 aliphatic heterocycles. The molecule has 0 aliphatic carbocycles. The van der Waals surface area contributed by atoms with E-state index in [-0.39, 0.29) is 12.5 Å². The average Bonchev–Trinajstić information content (AvgIpc) is 3.28. The number of rotatable bonds is 48. The first kappa shape index (κ1) is 60.2. The molecule has 376 valence electrons. The minimum atomic E-state index is -1.55. The number of hydrogen-bond donors (Lipinski definition) is 6. The van der Waals surface area contributed by atoms with E-state index in [0.29, 0.717) is 12.8 Å². The summed E-state index contributed by atoms with van der Waals surface area (Å²) in [6, 6.07) is -0.710. The number of unbranched alkanes of at least 4 members (excludes halogenated alkanes) is 38. The van der Waals surface area contributed by atoms with Crippen molar-refractivity contribution in [2.75, 3.05) is 13.2 Å². The van der Waals surface area contributed by atoms with E-state index in [1.165, 1.54) is 218 Å². The lowest BCUT2D eigenvalue weighted by molar-refractivity contribution is -0.302. The van der Waals surface area contributed by atoms with Crippen LogP contribution < -0.4 is 5.32 Å². The Balaban J connectivity index is 2.02. The van der Waals surface area contributed by atoms with Crippen molar-refractivity contribution in [3.63, 3.8) is 0 Å². The van der Waals surface area contributed by atoms with Crippen LogP contribution in [0.5, 0.6) is 0 Å². The lowest BCUT2D eigenvalue weighted by Crippen LogP contribution is -2.60. The van der Waals surface area contributed by atoms with Gasteiger partial charge in [0.25, 0.3) is 0 Å². The van der Waals surface area contributed by atoms with Gasteiger partial charge in [-0.1, -0.05) is 264 Å². The minimum absolute atomic E-state index is 0.133. The number of aliphatic hydroxyl groups excluding tert-OH is 5. The second-order valence-corrected chi connectivity index (χ2v) is 19.7. The lowest BCUT2D eigenvalue weighted by Gasteiger charge is -2.40. The second-order valence-electron chi connectivity index (χ2n) is 19.7. The predicted molar refractivity (Wildman–Crippen MR) is 263 cm³/mol. The van der Waals surface area contributed by atoms with Crippen LogP contribution in [-0.2, 0) is 14.3 Å². The largest absolute Gasteiger partial charge is 0.394 e. The number of nitrogens with one attached hydrogen (secondary N) is 1. The average molecular weight is 898 g/mol. The molecule has 0 saturated carbocycles. The summed E-state index contributed by atoms with van der Waals surface area (Å²) in [5.41, 5.74) is 0. The van der Waals surface area contributed by atoms with Gasteiger partial charge in [0.05, 0.1) is 25.4 Å². The molecular weight excluding hydrogens is 791 g/mol. The Morgan fingerprint density at radius 1 is 0.476 bits per heavy atom. The monoisotopic (exact) mass is 898 g/mol. The Hall–Kier alpha value is -0.810. The number of carbonyl (C=O) groups excluding carboxylic acids is 1. The maximum Gasteiger partial charge on any atom is 0.220 e. The van der Waals surface area contributed by atoms with E-state index < -0.39 is 49.5 Å². The summed E-state index contributed by atoms with van der Waals surface area (Å²) >= 11 is 0. The van der Waals surface area contributed by atoms with E-state index in [2.05, 4.69) is 19.2 Å². The highest BCUT2D eigenvalue weighted by Crippen LogP contribution is 2.23. The van der Waals surface area contributed by atoms with Crippen molar-refractivity contribution in [1.82, 2.24) is 5.32 Å². The molecule has 0 spiro atoms. The first-order valence-electron chi connectivity index (χ1n) is 27.7. The molecule has 63 heavy (non-hydrogen) atoms. The number of amides is 1. The molecule has 0 radical (unpaired) electrons. The van der Waals surface area contributed by atoms with Gasteiger partial charge >= 0.3 is 0 Å². The first-order chi connectivity index (χ1) is 30.8. The Morgan fingerprint density at radius 2 is 0.794 bits per heavy atom. The third-order valence-electron chi connectivity index (χ3n) is 13.7. The standard InChI is InChI=1S/C54H107NO8/c1-3-5-7-9-11-12-13-14-15-16-17-18-19-20-21-22-23-24-25-26-27-28-29-30-31-32-33-34-35-36-38-39-41-43-48(57)47(55-50(58)44-42-40-37-10-8-6-4-2)46-62-54-53(61)52(60)51(59)49(45-56)63-54/h47-49,51-54,56-57,59-61H,3-46H2,1-2H3,(H,55,58). The van der Waals surface area contributed by atoms with E-state index >= 15 is 0 Å². The van der Waals surface area contributed by atoms with Gasteiger partial charge in [0.15, 0.2) is 6.29 Å². The Morgan fingerprint density at radius 3 is 1.13 bits per heavy atom. The highest BCUT2D eigenvalue weighted by Gasteiger charge is 2.44. The molecule has 9 nitrogen and oxygen atoms in total. The molecule has 6 N–H and O–H groups in total. The van der Waals surface area contributed by atoms with Crippen LogP contribution in [0.15, 0.2) is 0 Å². The molecule has 7 unspecified atom stereocenters. The van der Waals surface area contributed by atoms with Gasteiger partial charge < -0.3 is 40.3 Å². The highest BCUT2D eigenvalue weighted by atomic mass is 16.7. The van der Waals surface area contributed by atoms with Crippen LogP contribution in [-0.4, -0.2) is 87.5 Å². The smallest absolute Gasteiger partial charge is 0.220 e. The molecule has 0 aromatic rings. The summed E-state index contributed by atoms with van der Waals surface area (Å²) in [7, 11) is 0. The van der Waals surface area contributed by atoms with Crippen molar-refractivity contribution in [2.24, 2.45) is 0 Å². The van der Waals surface area contributed by atoms with Crippen LogP contribution in [0.1, 0.15) is 284 Å². The molecule has 1 aliphatic rings. The summed E-state index contributed by atoms with van der Waals surface area (Å²) in [4.78, 5) is 12.9. The van der Waals surface area contributed by atoms with Gasteiger partial charge in [-0.2, -0.15) is 0 Å². The fourth-order valence-electron chi connectivity index (χ4n) is 9.28. The van der Waals surface area contributed by atoms with Crippen LogP contribution in [0.2, 0.25) is 0 Å². The Labute approximate surface area is 389 Å². The van der Waals surface area contributed by atoms with Crippen LogP contribution in [0.3, 0.4) is 0 Å². The Kier molecular flexibility index (Phi) is 43.0. The van der Waals surface area contributed by atoms with Crippen molar-refractivity contribution >= 4 is 5.91 Å². The summed E-state index contributed by atoms with van der Waals surface area (Å²) in [6.45, 7) is 3.81. The predicted octanol–water partition coefficient (Wildman–Crippen LogP) is 13.1. The quantitative estimate of drug-likeness (QED) is 0.0331. The van der Waals surface area contributed by atoms with E-state index in [4.69, 9.17) is 9.47 Å².